The number of hydrogen-bond acceptors (Lipinski definition) is 3. The van der Waals surface area contributed by atoms with Gasteiger partial charge in [-0.2, -0.15) is 0 Å². The number of benzene rings is 2. The minimum absolute atomic E-state index is 0.238. The summed E-state index contributed by atoms with van der Waals surface area (Å²) in [6, 6.07) is 19.4. The molecule has 1 N–H and O–H groups in total. The molecule has 2 atom stereocenters. The maximum atomic E-state index is 9.94. The highest BCUT2D eigenvalue weighted by Gasteiger charge is 2.24. The Morgan fingerprint density at radius 1 is 1.00 bits per heavy atom. The van der Waals surface area contributed by atoms with E-state index in [1.54, 1.807) is 0 Å². The van der Waals surface area contributed by atoms with Crippen LogP contribution >= 0.6 is 0 Å². The van der Waals surface area contributed by atoms with E-state index in [0.29, 0.717) is 0 Å². The molecule has 0 bridgehead atoms. The zero-order valence-electron chi connectivity index (χ0n) is 13.7. The van der Waals surface area contributed by atoms with E-state index in [0.717, 1.165) is 32.7 Å². The summed E-state index contributed by atoms with van der Waals surface area (Å²) in [6.07, 6.45) is 0.432. The van der Waals surface area contributed by atoms with Gasteiger partial charge in [0.05, 0.1) is 19.3 Å². The normalized spacial score (nSPS) is 18.5. The lowest BCUT2D eigenvalue weighted by atomic mass is 9.95. The summed E-state index contributed by atoms with van der Waals surface area (Å²) in [5.74, 6) is 0. The van der Waals surface area contributed by atoms with Crippen molar-refractivity contribution in [3.8, 4) is 11.1 Å². The van der Waals surface area contributed by atoms with Gasteiger partial charge in [0.1, 0.15) is 0 Å². The van der Waals surface area contributed by atoms with E-state index in [2.05, 4.69) is 53.4 Å². The average Bonchev–Trinajstić information content (AvgIpc) is 2.61. The summed E-state index contributed by atoms with van der Waals surface area (Å²) in [5.41, 5.74) is 3.73. The van der Waals surface area contributed by atoms with Crippen molar-refractivity contribution >= 4 is 0 Å². The van der Waals surface area contributed by atoms with Gasteiger partial charge < -0.3 is 9.84 Å². The summed E-state index contributed by atoms with van der Waals surface area (Å²) in [4.78, 5) is 2.43. The molecule has 0 radical (unpaired) electrons. The summed E-state index contributed by atoms with van der Waals surface area (Å²) in [7, 11) is 0. The fourth-order valence-electron chi connectivity index (χ4n) is 3.26. The van der Waals surface area contributed by atoms with Gasteiger partial charge in [0.2, 0.25) is 0 Å². The van der Waals surface area contributed by atoms with E-state index in [1.165, 1.54) is 16.7 Å². The summed E-state index contributed by atoms with van der Waals surface area (Å²) < 4.78 is 5.48. The van der Waals surface area contributed by atoms with Crippen molar-refractivity contribution < 1.29 is 9.84 Å². The van der Waals surface area contributed by atoms with Crippen LogP contribution in [0.15, 0.2) is 54.6 Å². The van der Waals surface area contributed by atoms with Crippen LogP contribution in [0.3, 0.4) is 0 Å². The Kier molecular flexibility index (Phi) is 5.44. The van der Waals surface area contributed by atoms with Crippen LogP contribution in [0.5, 0.6) is 0 Å². The van der Waals surface area contributed by atoms with Crippen LogP contribution < -0.4 is 0 Å². The molecule has 0 amide bonds. The first kappa shape index (κ1) is 16.2. The highest BCUT2D eigenvalue weighted by atomic mass is 16.5. The highest BCUT2D eigenvalue weighted by Crippen LogP contribution is 2.30. The van der Waals surface area contributed by atoms with E-state index in [9.17, 15) is 5.11 Å². The van der Waals surface area contributed by atoms with Gasteiger partial charge in [0, 0.05) is 19.1 Å². The number of rotatable bonds is 5. The number of nitrogens with zero attached hydrogens (tertiary/aromatic N) is 1. The minimum atomic E-state index is -0.316. The maximum Gasteiger partial charge on any atom is 0.0594 e. The van der Waals surface area contributed by atoms with Gasteiger partial charge in [-0.05, 0) is 36.1 Å². The largest absolute Gasteiger partial charge is 0.393 e. The van der Waals surface area contributed by atoms with E-state index in [-0.39, 0.29) is 12.1 Å². The Labute approximate surface area is 138 Å². The fourth-order valence-corrected chi connectivity index (χ4v) is 3.26. The van der Waals surface area contributed by atoms with Gasteiger partial charge in [-0.3, -0.25) is 4.90 Å². The Hall–Kier alpha value is -1.68. The van der Waals surface area contributed by atoms with Crippen LogP contribution in [0.25, 0.3) is 11.1 Å². The predicted molar refractivity (Wildman–Crippen MR) is 93.3 cm³/mol. The molecule has 0 spiro atoms. The molecule has 1 saturated heterocycles. The van der Waals surface area contributed by atoms with Gasteiger partial charge in [0.25, 0.3) is 0 Å². The van der Waals surface area contributed by atoms with Gasteiger partial charge in [0.15, 0.2) is 0 Å². The van der Waals surface area contributed by atoms with Crippen molar-refractivity contribution in [3.63, 3.8) is 0 Å². The molecular formula is C20H25NO2. The van der Waals surface area contributed by atoms with Gasteiger partial charge in [-0.1, -0.05) is 48.5 Å². The third-order valence-corrected chi connectivity index (χ3v) is 4.43. The lowest BCUT2D eigenvalue weighted by Crippen LogP contribution is -2.40. The van der Waals surface area contributed by atoms with Crippen molar-refractivity contribution in [2.45, 2.75) is 25.5 Å². The monoisotopic (exact) mass is 311 g/mol. The van der Waals surface area contributed by atoms with Crippen LogP contribution in [0.4, 0.5) is 0 Å². The number of ether oxygens (including phenoxy) is 1. The quantitative estimate of drug-likeness (QED) is 0.917. The van der Waals surface area contributed by atoms with Crippen molar-refractivity contribution in [2.24, 2.45) is 0 Å². The summed E-state index contributed by atoms with van der Waals surface area (Å²) in [5, 5.41) is 9.94. The molecule has 1 aliphatic rings. The molecule has 2 unspecified atom stereocenters. The lowest BCUT2D eigenvalue weighted by Gasteiger charge is -2.35. The second kappa shape index (κ2) is 7.73. The van der Waals surface area contributed by atoms with Gasteiger partial charge in [-0.15, -0.1) is 0 Å². The Bertz CT molecular complexity index is 606. The zero-order valence-corrected chi connectivity index (χ0v) is 13.7. The molecular weight excluding hydrogens is 286 g/mol. The highest BCUT2D eigenvalue weighted by molar-refractivity contribution is 5.64. The molecule has 0 aromatic heterocycles. The summed E-state index contributed by atoms with van der Waals surface area (Å²) >= 11 is 0. The molecule has 23 heavy (non-hydrogen) atoms. The molecule has 0 aliphatic carbocycles. The van der Waals surface area contributed by atoms with E-state index in [4.69, 9.17) is 4.74 Å². The van der Waals surface area contributed by atoms with Gasteiger partial charge in [-0.25, -0.2) is 0 Å². The number of morpholine rings is 1. The van der Waals surface area contributed by atoms with E-state index >= 15 is 0 Å². The average molecular weight is 311 g/mol. The van der Waals surface area contributed by atoms with Gasteiger partial charge >= 0.3 is 0 Å². The van der Waals surface area contributed by atoms with E-state index in [1.807, 2.05) is 13.0 Å². The topological polar surface area (TPSA) is 32.7 Å². The second-order valence-electron chi connectivity index (χ2n) is 6.24. The third kappa shape index (κ3) is 4.20. The van der Waals surface area contributed by atoms with Crippen molar-refractivity contribution in [1.29, 1.82) is 0 Å². The molecule has 2 aromatic rings. The van der Waals surface area contributed by atoms with Crippen LogP contribution in [0.1, 0.15) is 24.9 Å². The Balaban J connectivity index is 1.89. The van der Waals surface area contributed by atoms with Crippen molar-refractivity contribution in [1.82, 2.24) is 4.90 Å². The van der Waals surface area contributed by atoms with Crippen LogP contribution in [0.2, 0.25) is 0 Å². The molecule has 1 fully saturated rings. The predicted octanol–water partition coefficient (Wildman–Crippen LogP) is 3.50. The minimum Gasteiger partial charge on any atom is -0.393 e. The zero-order chi connectivity index (χ0) is 16.1. The third-order valence-electron chi connectivity index (χ3n) is 4.43. The first-order valence-electron chi connectivity index (χ1n) is 8.39. The molecule has 3 nitrogen and oxygen atoms in total. The summed E-state index contributed by atoms with van der Waals surface area (Å²) in [6.45, 7) is 5.26. The molecule has 3 rings (SSSR count). The first-order chi connectivity index (χ1) is 11.2. The first-order valence-corrected chi connectivity index (χ1v) is 8.39. The van der Waals surface area contributed by atoms with Crippen LogP contribution in [0, 0.1) is 0 Å². The molecule has 0 saturated carbocycles. The van der Waals surface area contributed by atoms with Crippen molar-refractivity contribution in [3.05, 3.63) is 60.2 Å². The fraction of sp³-hybridized carbons (Fsp3) is 0.400. The molecule has 3 heteroatoms. The van der Waals surface area contributed by atoms with Crippen molar-refractivity contribution in [2.75, 3.05) is 26.3 Å². The standard InChI is InChI=1S/C20H25NO2/c1-16(22)14-20(21-10-12-23-13-11-21)19-9-5-8-18(15-19)17-6-3-2-4-7-17/h2-9,15-16,20,22H,10-14H2,1H3. The van der Waals surface area contributed by atoms with Crippen LogP contribution in [-0.2, 0) is 4.74 Å². The second-order valence-corrected chi connectivity index (χ2v) is 6.24. The molecule has 1 aliphatic heterocycles. The molecule has 1 heterocycles. The number of hydrogen-bond donors (Lipinski definition) is 1. The molecule has 2 aromatic carbocycles. The lowest BCUT2D eigenvalue weighted by molar-refractivity contribution is 0.00460. The van der Waals surface area contributed by atoms with E-state index < -0.39 is 0 Å². The van der Waals surface area contributed by atoms with Crippen LogP contribution in [-0.4, -0.2) is 42.4 Å². The Morgan fingerprint density at radius 3 is 2.39 bits per heavy atom. The smallest absolute Gasteiger partial charge is 0.0594 e. The Morgan fingerprint density at radius 2 is 1.70 bits per heavy atom. The molecule has 122 valence electrons. The number of aliphatic hydroxyl groups is 1. The number of aliphatic hydroxyl groups excluding tert-OH is 1. The maximum absolute atomic E-state index is 9.94. The SMILES string of the molecule is CC(O)CC(c1cccc(-c2ccccc2)c1)N1CCOCC1.